The highest BCUT2D eigenvalue weighted by atomic mass is 32.2. The first kappa shape index (κ1) is 15.3. The van der Waals surface area contributed by atoms with Gasteiger partial charge in [-0.3, -0.25) is 0 Å². The number of fused-ring (bicyclic) bond motifs is 3. The van der Waals surface area contributed by atoms with Crippen LogP contribution in [0.4, 0.5) is 0 Å². The zero-order valence-electron chi connectivity index (χ0n) is 12.7. The van der Waals surface area contributed by atoms with Gasteiger partial charge in [0.2, 0.25) is 10.0 Å². The molecule has 0 radical (unpaired) electrons. The predicted molar refractivity (Wildman–Crippen MR) is 90.7 cm³/mol. The number of ether oxygens (including phenoxy) is 1. The van der Waals surface area contributed by atoms with Crippen molar-refractivity contribution in [3.8, 4) is 0 Å². The molecule has 0 fully saturated rings. The first-order valence-electron chi connectivity index (χ1n) is 6.91. The molecular weight excluding hydrogens is 314 g/mol. The average molecular weight is 329 g/mol. The number of rotatable bonds is 3. The van der Waals surface area contributed by atoms with E-state index in [4.69, 9.17) is 0 Å². The second kappa shape index (κ2) is 5.55. The van der Waals surface area contributed by atoms with E-state index in [1.165, 1.54) is 23.4 Å². The maximum Gasteiger partial charge on any atom is 0.330 e. The van der Waals surface area contributed by atoms with E-state index in [1.807, 2.05) is 18.2 Å². The fraction of sp³-hybridized carbons (Fsp3) is 0.118. The lowest BCUT2D eigenvalue weighted by atomic mass is 10.1. The van der Waals surface area contributed by atoms with E-state index in [9.17, 15) is 13.2 Å². The van der Waals surface area contributed by atoms with Gasteiger partial charge in [0, 0.05) is 16.8 Å². The first-order valence-corrected chi connectivity index (χ1v) is 8.76. The molecule has 0 aliphatic carbocycles. The van der Waals surface area contributed by atoms with E-state index in [2.05, 4.69) is 4.74 Å². The van der Waals surface area contributed by atoms with Gasteiger partial charge < -0.3 is 4.74 Å². The molecule has 1 aromatic heterocycles. The highest BCUT2D eigenvalue weighted by molar-refractivity contribution is 7.89. The van der Waals surface area contributed by atoms with Crippen molar-refractivity contribution in [1.29, 1.82) is 0 Å². The monoisotopic (exact) mass is 329 g/mol. The van der Waals surface area contributed by atoms with Gasteiger partial charge in [-0.15, -0.1) is 0 Å². The van der Waals surface area contributed by atoms with Crippen LogP contribution in [0.3, 0.4) is 0 Å². The predicted octanol–water partition coefficient (Wildman–Crippen LogP) is 2.79. The molecule has 118 valence electrons. The molecule has 23 heavy (non-hydrogen) atoms. The molecule has 2 aromatic carbocycles. The summed E-state index contributed by atoms with van der Waals surface area (Å²) in [6.45, 7) is 0. The average Bonchev–Trinajstić information content (AvgIpc) is 2.86. The first-order chi connectivity index (χ1) is 10.9. The molecule has 0 spiro atoms. The van der Waals surface area contributed by atoms with Crippen LogP contribution in [0.25, 0.3) is 27.9 Å². The van der Waals surface area contributed by atoms with Crippen molar-refractivity contribution in [2.24, 2.45) is 0 Å². The van der Waals surface area contributed by atoms with Gasteiger partial charge in [-0.25, -0.2) is 17.2 Å². The van der Waals surface area contributed by atoms with Crippen LogP contribution in [-0.4, -0.2) is 31.7 Å². The van der Waals surface area contributed by atoms with Crippen LogP contribution >= 0.6 is 0 Å². The molecule has 0 saturated heterocycles. The summed E-state index contributed by atoms with van der Waals surface area (Å²) in [5, 5.41) is 1.67. The molecule has 0 amide bonds. The normalized spacial score (nSPS) is 12.3. The second-order valence-electron chi connectivity index (χ2n) is 5.18. The molecular formula is C17H15NO4S. The van der Waals surface area contributed by atoms with E-state index < -0.39 is 16.0 Å². The van der Waals surface area contributed by atoms with Crippen molar-refractivity contribution >= 4 is 43.9 Å². The summed E-state index contributed by atoms with van der Waals surface area (Å²) < 4.78 is 30.2. The number of nitrogens with zero attached hydrogens (tertiary/aromatic N) is 1. The number of esters is 1. The molecule has 0 aliphatic heterocycles. The quantitative estimate of drug-likeness (QED) is 0.547. The van der Waals surface area contributed by atoms with Crippen LogP contribution < -0.4 is 0 Å². The van der Waals surface area contributed by atoms with Gasteiger partial charge in [0.1, 0.15) is 0 Å². The maximum atomic E-state index is 12.1. The molecule has 5 nitrogen and oxygen atoms in total. The molecule has 3 aromatic rings. The van der Waals surface area contributed by atoms with Crippen LogP contribution in [0.15, 0.2) is 48.5 Å². The minimum atomic E-state index is -3.43. The van der Waals surface area contributed by atoms with Crippen LogP contribution in [-0.2, 0) is 19.6 Å². The Morgan fingerprint density at radius 3 is 2.48 bits per heavy atom. The number of hydrogen-bond acceptors (Lipinski definition) is 4. The Labute approximate surface area is 133 Å². The van der Waals surface area contributed by atoms with Crippen molar-refractivity contribution in [2.45, 2.75) is 0 Å². The number of benzene rings is 2. The van der Waals surface area contributed by atoms with E-state index in [1.54, 1.807) is 30.3 Å². The molecule has 6 heteroatoms. The summed E-state index contributed by atoms with van der Waals surface area (Å²) >= 11 is 0. The number of methoxy groups -OCH3 is 1. The number of carbonyl (C=O) groups is 1. The summed E-state index contributed by atoms with van der Waals surface area (Å²) in [6, 6.07) is 12.7. The Hall–Kier alpha value is -2.60. The van der Waals surface area contributed by atoms with Gasteiger partial charge in [-0.2, -0.15) is 0 Å². The lowest BCUT2D eigenvalue weighted by Gasteiger charge is -2.03. The van der Waals surface area contributed by atoms with Gasteiger partial charge in [0.15, 0.2) is 0 Å². The van der Waals surface area contributed by atoms with Crippen molar-refractivity contribution in [3.63, 3.8) is 0 Å². The van der Waals surface area contributed by atoms with E-state index in [0.29, 0.717) is 11.0 Å². The molecule has 3 rings (SSSR count). The van der Waals surface area contributed by atoms with Crippen molar-refractivity contribution in [1.82, 2.24) is 3.97 Å². The summed E-state index contributed by atoms with van der Waals surface area (Å²) in [5.41, 5.74) is 2.04. The number of carbonyl (C=O) groups excluding carboxylic acids is 1. The van der Waals surface area contributed by atoms with Gasteiger partial charge in [0.25, 0.3) is 0 Å². The maximum absolute atomic E-state index is 12.1. The Morgan fingerprint density at radius 2 is 1.78 bits per heavy atom. The van der Waals surface area contributed by atoms with Crippen LogP contribution in [0, 0.1) is 0 Å². The Bertz CT molecular complexity index is 1050. The highest BCUT2D eigenvalue weighted by Crippen LogP contribution is 2.31. The van der Waals surface area contributed by atoms with Crippen LogP contribution in [0.1, 0.15) is 5.56 Å². The third-order valence-electron chi connectivity index (χ3n) is 3.60. The Kier molecular flexibility index (Phi) is 3.69. The zero-order valence-corrected chi connectivity index (χ0v) is 13.5. The molecule has 0 saturated carbocycles. The van der Waals surface area contributed by atoms with Gasteiger partial charge in [-0.1, -0.05) is 24.3 Å². The van der Waals surface area contributed by atoms with Crippen LogP contribution in [0.2, 0.25) is 0 Å². The Balaban J connectivity index is 2.30. The number of aromatic nitrogens is 1. The van der Waals surface area contributed by atoms with Crippen molar-refractivity contribution in [2.75, 3.05) is 13.4 Å². The third-order valence-corrected chi connectivity index (χ3v) is 4.65. The summed E-state index contributed by atoms with van der Waals surface area (Å²) in [7, 11) is -2.12. The lowest BCUT2D eigenvalue weighted by Crippen LogP contribution is -2.09. The molecule has 0 unspecified atom stereocenters. The van der Waals surface area contributed by atoms with E-state index in [-0.39, 0.29) is 0 Å². The molecule has 0 atom stereocenters. The lowest BCUT2D eigenvalue weighted by molar-refractivity contribution is -0.134. The zero-order chi connectivity index (χ0) is 16.6. The summed E-state index contributed by atoms with van der Waals surface area (Å²) in [5.74, 6) is -0.441. The molecule has 1 heterocycles. The van der Waals surface area contributed by atoms with Crippen molar-refractivity contribution < 1.29 is 17.9 Å². The van der Waals surface area contributed by atoms with E-state index >= 15 is 0 Å². The van der Waals surface area contributed by atoms with Gasteiger partial charge >= 0.3 is 5.97 Å². The van der Waals surface area contributed by atoms with Crippen molar-refractivity contribution in [3.05, 3.63) is 54.1 Å². The molecule has 0 aliphatic rings. The summed E-state index contributed by atoms with van der Waals surface area (Å²) in [6.07, 6.45) is 4.15. The largest absolute Gasteiger partial charge is 0.466 e. The summed E-state index contributed by atoms with van der Waals surface area (Å²) in [4.78, 5) is 11.2. The molecule has 0 N–H and O–H groups in total. The molecule has 0 bridgehead atoms. The van der Waals surface area contributed by atoms with Crippen LogP contribution in [0.5, 0.6) is 0 Å². The third kappa shape index (κ3) is 2.73. The standard InChI is InChI=1S/C17H15NO4S/c1-22-17(19)10-8-12-7-9-16-14(11-12)13-5-3-4-6-15(13)18(16)23(2,20)21/h3-11H,1-2H3/b10-8+. The Morgan fingerprint density at radius 1 is 1.09 bits per heavy atom. The van der Waals surface area contributed by atoms with E-state index in [0.717, 1.165) is 16.3 Å². The smallest absolute Gasteiger partial charge is 0.330 e. The topological polar surface area (TPSA) is 65.4 Å². The second-order valence-corrected chi connectivity index (χ2v) is 7.01. The fourth-order valence-corrected chi connectivity index (χ4v) is 3.68. The SMILES string of the molecule is COC(=O)/C=C/c1ccc2c(c1)c1ccccc1n2S(C)(=O)=O. The fourth-order valence-electron chi connectivity index (χ4n) is 2.65. The minimum absolute atomic E-state index is 0.441. The number of para-hydroxylation sites is 1. The number of hydrogen-bond donors (Lipinski definition) is 0. The minimum Gasteiger partial charge on any atom is -0.466 e. The van der Waals surface area contributed by atoms with Gasteiger partial charge in [-0.05, 0) is 29.8 Å². The van der Waals surface area contributed by atoms with Gasteiger partial charge in [0.05, 0.1) is 24.4 Å². The highest BCUT2D eigenvalue weighted by Gasteiger charge is 2.16.